The lowest BCUT2D eigenvalue weighted by Crippen LogP contribution is -2.67. The first-order valence-electron chi connectivity index (χ1n) is 15.1. The molecule has 8 nitrogen and oxygen atoms in total. The van der Waals surface area contributed by atoms with Gasteiger partial charge in [-0.15, -0.1) is 0 Å². The fourth-order valence-corrected chi connectivity index (χ4v) is 9.51. The number of benzene rings is 1. The third kappa shape index (κ3) is 4.90. The molecule has 226 valence electrons. The summed E-state index contributed by atoms with van der Waals surface area (Å²) in [6.45, 7) is 6.75. The smallest absolute Gasteiger partial charge is 0.407 e. The summed E-state index contributed by atoms with van der Waals surface area (Å²) in [5.74, 6) is 1.09. The number of allylic oxidation sites excluding steroid dienone is 1. The molecule has 4 aliphatic carbocycles. The molecule has 1 unspecified atom stereocenters. The van der Waals surface area contributed by atoms with E-state index in [1.54, 1.807) is 38.5 Å². The molecule has 1 amide bonds. The van der Waals surface area contributed by atoms with Gasteiger partial charge in [0, 0.05) is 45.4 Å². The maximum absolute atomic E-state index is 12.9. The van der Waals surface area contributed by atoms with E-state index in [0.717, 1.165) is 25.7 Å². The zero-order valence-corrected chi connectivity index (χ0v) is 25.3. The highest BCUT2D eigenvalue weighted by Crippen LogP contribution is 2.68. The standard InChI is InChI=1S/C33H47NO7/c1-20(29(38-5)39-6)24-12-13-25-23-14-17-33(37)19-22(40-28(35)21-10-8-7-9-11-21)18-27(41-30(36)34-4)32(33,3)26(23)15-16-31(24,25)2/h7-11,14,17,20,22-27,29,37H,12-13,15-16,18-19H2,1-6H3,(H,34,36)/t20?,22-,23-,24+,25-,26-,27-,31+,32-,33+/m0/s1. The Labute approximate surface area is 244 Å². The van der Waals surface area contributed by atoms with Gasteiger partial charge in [0.2, 0.25) is 0 Å². The molecule has 5 rings (SSSR count). The monoisotopic (exact) mass is 569 g/mol. The van der Waals surface area contributed by atoms with Crippen LogP contribution in [0.1, 0.15) is 69.7 Å². The molecule has 0 spiro atoms. The third-order valence-corrected chi connectivity index (χ3v) is 11.7. The second kappa shape index (κ2) is 11.3. The van der Waals surface area contributed by atoms with E-state index < -0.39 is 35.3 Å². The second-order valence-corrected chi connectivity index (χ2v) is 13.3. The maximum atomic E-state index is 12.9. The summed E-state index contributed by atoms with van der Waals surface area (Å²) in [7, 11) is 4.96. The highest BCUT2D eigenvalue weighted by Gasteiger charge is 2.67. The molecule has 3 fully saturated rings. The van der Waals surface area contributed by atoms with Crippen molar-refractivity contribution in [3.05, 3.63) is 48.0 Å². The number of ether oxygens (including phenoxy) is 4. The van der Waals surface area contributed by atoms with Crippen LogP contribution in [0.4, 0.5) is 4.79 Å². The van der Waals surface area contributed by atoms with Crippen molar-refractivity contribution < 1.29 is 33.6 Å². The Bertz CT molecular complexity index is 1140. The Morgan fingerprint density at radius 1 is 1.02 bits per heavy atom. The molecule has 3 saturated carbocycles. The van der Waals surface area contributed by atoms with Gasteiger partial charge in [-0.2, -0.15) is 0 Å². The van der Waals surface area contributed by atoms with E-state index in [-0.39, 0.29) is 35.9 Å². The van der Waals surface area contributed by atoms with Crippen LogP contribution in [0.5, 0.6) is 0 Å². The maximum Gasteiger partial charge on any atom is 0.407 e. The average Bonchev–Trinajstić information content (AvgIpc) is 3.32. The fourth-order valence-electron chi connectivity index (χ4n) is 9.51. The van der Waals surface area contributed by atoms with E-state index in [0.29, 0.717) is 23.8 Å². The molecule has 1 aromatic rings. The number of carbonyl (C=O) groups is 2. The van der Waals surface area contributed by atoms with Crippen LogP contribution in [0.2, 0.25) is 0 Å². The molecular formula is C33H47NO7. The molecule has 1 aromatic carbocycles. The zero-order valence-electron chi connectivity index (χ0n) is 25.3. The minimum Gasteiger partial charge on any atom is -0.459 e. The fraction of sp³-hybridized carbons (Fsp3) is 0.697. The molecule has 0 heterocycles. The number of esters is 1. The van der Waals surface area contributed by atoms with Gasteiger partial charge in [-0.3, -0.25) is 0 Å². The van der Waals surface area contributed by atoms with Gasteiger partial charge in [0.05, 0.1) is 11.2 Å². The molecule has 4 aliphatic rings. The van der Waals surface area contributed by atoms with Crippen molar-refractivity contribution in [3.8, 4) is 0 Å². The second-order valence-electron chi connectivity index (χ2n) is 13.3. The molecule has 0 bridgehead atoms. The van der Waals surface area contributed by atoms with E-state index in [1.807, 2.05) is 12.1 Å². The van der Waals surface area contributed by atoms with Crippen molar-refractivity contribution >= 4 is 12.1 Å². The number of nitrogens with one attached hydrogen (secondary N) is 1. The van der Waals surface area contributed by atoms with Crippen LogP contribution < -0.4 is 5.32 Å². The Kier molecular flexibility index (Phi) is 8.31. The molecule has 0 radical (unpaired) electrons. The topological polar surface area (TPSA) is 103 Å². The van der Waals surface area contributed by atoms with Gasteiger partial charge >= 0.3 is 12.1 Å². The number of carbonyl (C=O) groups excluding carboxylic acids is 2. The van der Waals surface area contributed by atoms with Crippen molar-refractivity contribution in [1.29, 1.82) is 0 Å². The number of aliphatic hydroxyl groups is 1. The molecular weight excluding hydrogens is 522 g/mol. The Hall–Kier alpha value is -2.42. The van der Waals surface area contributed by atoms with Crippen molar-refractivity contribution in [2.45, 2.75) is 83.4 Å². The third-order valence-electron chi connectivity index (χ3n) is 11.7. The molecule has 0 aliphatic heterocycles. The molecule has 2 N–H and O–H groups in total. The first kappa shape index (κ1) is 30.1. The van der Waals surface area contributed by atoms with Crippen molar-refractivity contribution in [3.63, 3.8) is 0 Å². The van der Waals surface area contributed by atoms with E-state index in [1.165, 1.54) is 7.05 Å². The predicted octanol–water partition coefficient (Wildman–Crippen LogP) is 5.35. The van der Waals surface area contributed by atoms with Gasteiger partial charge < -0.3 is 29.4 Å². The van der Waals surface area contributed by atoms with Gasteiger partial charge in [0.1, 0.15) is 12.2 Å². The van der Waals surface area contributed by atoms with E-state index in [9.17, 15) is 14.7 Å². The number of methoxy groups -OCH3 is 2. The summed E-state index contributed by atoms with van der Waals surface area (Å²) < 4.78 is 23.3. The summed E-state index contributed by atoms with van der Waals surface area (Å²) >= 11 is 0. The molecule has 10 atom stereocenters. The Morgan fingerprint density at radius 3 is 2.39 bits per heavy atom. The van der Waals surface area contributed by atoms with Crippen molar-refractivity contribution in [2.75, 3.05) is 21.3 Å². The van der Waals surface area contributed by atoms with Crippen LogP contribution >= 0.6 is 0 Å². The minimum absolute atomic E-state index is 0.116. The van der Waals surface area contributed by atoms with Crippen LogP contribution in [0, 0.1) is 40.4 Å². The summed E-state index contributed by atoms with van der Waals surface area (Å²) in [5.41, 5.74) is -1.45. The quantitative estimate of drug-likeness (QED) is 0.259. The molecule has 0 saturated heterocycles. The van der Waals surface area contributed by atoms with Crippen LogP contribution in [-0.2, 0) is 18.9 Å². The summed E-state index contributed by atoms with van der Waals surface area (Å²) in [6, 6.07) is 8.85. The SMILES string of the molecule is CNC(=O)O[C@H]1C[C@H](OC(=O)c2ccccc2)C[C@]2(O)C=C[C@H]3[C@@H]4CC[C@H](C(C)C(OC)OC)[C@@]4(C)CC[C@@H]3[C@@]12C. The number of hydrogen-bond donors (Lipinski definition) is 2. The van der Waals surface area contributed by atoms with Crippen LogP contribution in [0.3, 0.4) is 0 Å². The minimum atomic E-state index is -1.29. The van der Waals surface area contributed by atoms with Crippen molar-refractivity contribution in [1.82, 2.24) is 5.32 Å². The highest BCUT2D eigenvalue weighted by atomic mass is 16.7. The first-order valence-corrected chi connectivity index (χ1v) is 15.1. The lowest BCUT2D eigenvalue weighted by molar-refractivity contribution is -0.218. The largest absolute Gasteiger partial charge is 0.459 e. The number of hydrogen-bond acceptors (Lipinski definition) is 7. The predicted molar refractivity (Wildman–Crippen MR) is 154 cm³/mol. The van der Waals surface area contributed by atoms with Gasteiger partial charge in [-0.25, -0.2) is 9.59 Å². The lowest BCUT2D eigenvalue weighted by Gasteiger charge is -2.63. The normalized spacial score (nSPS) is 40.2. The Morgan fingerprint density at radius 2 is 1.73 bits per heavy atom. The number of alkyl carbamates (subject to hydrolysis) is 1. The Balaban J connectivity index is 1.45. The van der Waals surface area contributed by atoms with E-state index in [4.69, 9.17) is 18.9 Å². The van der Waals surface area contributed by atoms with Crippen molar-refractivity contribution in [2.24, 2.45) is 40.4 Å². The van der Waals surface area contributed by atoms with Gasteiger partial charge in [0.25, 0.3) is 0 Å². The average molecular weight is 570 g/mol. The molecule has 8 heteroatoms. The number of amides is 1. The van der Waals surface area contributed by atoms with E-state index >= 15 is 0 Å². The number of rotatable bonds is 7. The highest BCUT2D eigenvalue weighted by molar-refractivity contribution is 5.89. The molecule has 41 heavy (non-hydrogen) atoms. The summed E-state index contributed by atoms with van der Waals surface area (Å²) in [5, 5.41) is 14.9. The van der Waals surface area contributed by atoms with Gasteiger partial charge in [0.15, 0.2) is 6.29 Å². The van der Waals surface area contributed by atoms with Gasteiger partial charge in [-0.1, -0.05) is 51.1 Å². The van der Waals surface area contributed by atoms with Gasteiger partial charge in [-0.05, 0) is 66.9 Å². The number of fused-ring (bicyclic) bond motifs is 5. The molecule has 0 aromatic heterocycles. The lowest BCUT2D eigenvalue weighted by atomic mass is 9.44. The van der Waals surface area contributed by atoms with Crippen LogP contribution in [0.25, 0.3) is 0 Å². The van der Waals surface area contributed by atoms with Crippen LogP contribution in [0.15, 0.2) is 42.5 Å². The first-order chi connectivity index (χ1) is 19.5. The summed E-state index contributed by atoms with van der Waals surface area (Å²) in [4.78, 5) is 25.6. The van der Waals surface area contributed by atoms with Crippen LogP contribution in [-0.4, -0.2) is 62.5 Å². The summed E-state index contributed by atoms with van der Waals surface area (Å²) in [6.07, 6.45) is 6.91. The van der Waals surface area contributed by atoms with E-state index in [2.05, 4.69) is 32.2 Å². The zero-order chi connectivity index (χ0) is 29.6.